The summed E-state index contributed by atoms with van der Waals surface area (Å²) < 4.78 is 0. The van der Waals surface area contributed by atoms with Gasteiger partial charge in [0.25, 0.3) is 0 Å². The molecule has 0 bridgehead atoms. The van der Waals surface area contributed by atoms with Crippen LogP contribution < -0.4 is 10.2 Å². The molecule has 0 spiro atoms. The number of nitrogens with zero attached hydrogens (tertiary/aromatic N) is 2. The van der Waals surface area contributed by atoms with E-state index in [-0.39, 0.29) is 24.2 Å². The molecule has 3 rings (SSSR count). The van der Waals surface area contributed by atoms with E-state index in [0.717, 1.165) is 17.7 Å². The molecule has 24 heavy (non-hydrogen) atoms. The van der Waals surface area contributed by atoms with Gasteiger partial charge in [0, 0.05) is 30.7 Å². The zero-order chi connectivity index (χ0) is 16.9. The van der Waals surface area contributed by atoms with E-state index in [0.29, 0.717) is 18.1 Å². The largest absolute Gasteiger partial charge is 0.355 e. The molecular weight excluding hydrogens is 326 g/mol. The number of carbonyl (C=O) groups is 2. The van der Waals surface area contributed by atoms with Crippen molar-refractivity contribution in [1.29, 1.82) is 0 Å². The molecule has 1 aromatic heterocycles. The number of aromatic nitrogens is 1. The second-order valence-corrected chi connectivity index (χ2v) is 6.22. The van der Waals surface area contributed by atoms with Crippen LogP contribution in [0, 0.1) is 5.92 Å². The summed E-state index contributed by atoms with van der Waals surface area (Å²) in [6, 6.07) is 11.2. The third-order valence-corrected chi connectivity index (χ3v) is 4.33. The third kappa shape index (κ3) is 3.92. The van der Waals surface area contributed by atoms with Gasteiger partial charge >= 0.3 is 0 Å². The number of hydrogen-bond acceptors (Lipinski definition) is 3. The van der Waals surface area contributed by atoms with Crippen LogP contribution in [0.15, 0.2) is 48.8 Å². The number of benzene rings is 1. The van der Waals surface area contributed by atoms with Gasteiger partial charge in [0.15, 0.2) is 0 Å². The molecule has 1 aliphatic rings. The molecule has 1 fully saturated rings. The highest BCUT2D eigenvalue weighted by Gasteiger charge is 2.34. The van der Waals surface area contributed by atoms with E-state index in [9.17, 15) is 9.59 Å². The molecule has 1 aliphatic heterocycles. The van der Waals surface area contributed by atoms with Gasteiger partial charge in [-0.05, 0) is 36.2 Å². The Labute approximate surface area is 145 Å². The van der Waals surface area contributed by atoms with Crippen molar-refractivity contribution in [3.8, 4) is 0 Å². The fourth-order valence-electron chi connectivity index (χ4n) is 2.77. The maximum atomic E-state index is 12.3. The van der Waals surface area contributed by atoms with Crippen molar-refractivity contribution in [3.63, 3.8) is 0 Å². The predicted molar refractivity (Wildman–Crippen MR) is 92.9 cm³/mol. The summed E-state index contributed by atoms with van der Waals surface area (Å²) in [7, 11) is 0. The Hall–Kier alpha value is -2.40. The molecule has 1 atom stereocenters. The van der Waals surface area contributed by atoms with Crippen LogP contribution in [0.1, 0.15) is 12.0 Å². The van der Waals surface area contributed by atoms with Crippen LogP contribution in [-0.4, -0.2) is 29.9 Å². The Bertz CT molecular complexity index is 719. The Kier molecular flexibility index (Phi) is 5.11. The first kappa shape index (κ1) is 16.5. The first-order valence-electron chi connectivity index (χ1n) is 7.86. The molecule has 1 aromatic carbocycles. The van der Waals surface area contributed by atoms with Gasteiger partial charge in [-0.3, -0.25) is 14.6 Å². The SMILES string of the molecule is O=C(NCCc1ccc(Cl)cc1)C1CC(=O)N(c2cccnc2)C1. The molecule has 0 radical (unpaired) electrons. The van der Waals surface area contributed by atoms with Crippen molar-refractivity contribution in [2.24, 2.45) is 5.92 Å². The summed E-state index contributed by atoms with van der Waals surface area (Å²) in [5.41, 5.74) is 1.85. The van der Waals surface area contributed by atoms with Crippen molar-refractivity contribution in [2.75, 3.05) is 18.0 Å². The molecule has 124 valence electrons. The van der Waals surface area contributed by atoms with Crippen LogP contribution in [0.25, 0.3) is 0 Å². The molecule has 0 aliphatic carbocycles. The lowest BCUT2D eigenvalue weighted by Crippen LogP contribution is -2.34. The van der Waals surface area contributed by atoms with Gasteiger partial charge in [-0.25, -0.2) is 0 Å². The van der Waals surface area contributed by atoms with Gasteiger partial charge in [-0.15, -0.1) is 0 Å². The molecule has 2 heterocycles. The number of halogens is 1. The molecule has 2 amide bonds. The minimum absolute atomic E-state index is 0.0409. The molecule has 6 heteroatoms. The van der Waals surface area contributed by atoms with Crippen molar-refractivity contribution in [2.45, 2.75) is 12.8 Å². The third-order valence-electron chi connectivity index (χ3n) is 4.08. The van der Waals surface area contributed by atoms with Crippen LogP contribution in [0.3, 0.4) is 0 Å². The van der Waals surface area contributed by atoms with Crippen molar-refractivity contribution >= 4 is 29.1 Å². The van der Waals surface area contributed by atoms with Gasteiger partial charge in [0.05, 0.1) is 17.8 Å². The van der Waals surface area contributed by atoms with E-state index >= 15 is 0 Å². The second-order valence-electron chi connectivity index (χ2n) is 5.78. The Balaban J connectivity index is 1.51. The number of hydrogen-bond donors (Lipinski definition) is 1. The maximum Gasteiger partial charge on any atom is 0.227 e. The molecule has 0 saturated carbocycles. The highest BCUT2D eigenvalue weighted by Crippen LogP contribution is 2.24. The minimum Gasteiger partial charge on any atom is -0.355 e. The quantitative estimate of drug-likeness (QED) is 0.907. The first-order valence-corrected chi connectivity index (χ1v) is 8.24. The summed E-state index contributed by atoms with van der Waals surface area (Å²) in [6.07, 6.45) is 4.27. The van der Waals surface area contributed by atoms with Gasteiger partial charge in [0.1, 0.15) is 0 Å². The summed E-state index contributed by atoms with van der Waals surface area (Å²) >= 11 is 5.85. The van der Waals surface area contributed by atoms with E-state index < -0.39 is 0 Å². The predicted octanol–water partition coefficient (Wildman–Crippen LogP) is 2.45. The van der Waals surface area contributed by atoms with E-state index in [1.807, 2.05) is 30.3 Å². The summed E-state index contributed by atoms with van der Waals surface area (Å²) in [4.78, 5) is 30.0. The van der Waals surface area contributed by atoms with E-state index in [1.165, 1.54) is 0 Å². The van der Waals surface area contributed by atoms with Gasteiger partial charge in [-0.1, -0.05) is 23.7 Å². The zero-order valence-electron chi connectivity index (χ0n) is 13.1. The van der Waals surface area contributed by atoms with Crippen LogP contribution in [0.2, 0.25) is 5.02 Å². The lowest BCUT2D eigenvalue weighted by molar-refractivity contribution is -0.126. The molecule has 2 aromatic rings. The van der Waals surface area contributed by atoms with Crippen LogP contribution in [0.5, 0.6) is 0 Å². The molecule has 5 nitrogen and oxygen atoms in total. The van der Waals surface area contributed by atoms with Crippen molar-refractivity contribution in [1.82, 2.24) is 10.3 Å². The minimum atomic E-state index is -0.317. The lowest BCUT2D eigenvalue weighted by atomic mass is 10.1. The Morgan fingerprint density at radius 1 is 1.29 bits per heavy atom. The standard InChI is InChI=1S/C18H18ClN3O2/c19-15-5-3-13(4-6-15)7-9-21-18(24)14-10-17(23)22(12-14)16-2-1-8-20-11-16/h1-6,8,11,14H,7,9-10,12H2,(H,21,24). The smallest absolute Gasteiger partial charge is 0.227 e. The molecule has 1 saturated heterocycles. The van der Waals surface area contributed by atoms with Gasteiger partial charge < -0.3 is 10.2 Å². The molecular formula is C18H18ClN3O2. The Morgan fingerprint density at radius 2 is 2.08 bits per heavy atom. The van der Waals surface area contributed by atoms with E-state index in [2.05, 4.69) is 10.3 Å². The molecule has 1 N–H and O–H groups in total. The van der Waals surface area contributed by atoms with Gasteiger partial charge in [-0.2, -0.15) is 0 Å². The highest BCUT2D eigenvalue weighted by molar-refractivity contribution is 6.30. The number of rotatable bonds is 5. The maximum absolute atomic E-state index is 12.3. The molecule has 1 unspecified atom stereocenters. The topological polar surface area (TPSA) is 62.3 Å². The average molecular weight is 344 g/mol. The summed E-state index contributed by atoms with van der Waals surface area (Å²) in [5, 5.41) is 3.61. The number of amides is 2. The average Bonchev–Trinajstić information content (AvgIpc) is 2.99. The van der Waals surface area contributed by atoms with Gasteiger partial charge in [0.2, 0.25) is 11.8 Å². The van der Waals surface area contributed by atoms with Crippen LogP contribution in [-0.2, 0) is 16.0 Å². The second kappa shape index (κ2) is 7.45. The summed E-state index contributed by atoms with van der Waals surface area (Å²) in [5.74, 6) is -0.438. The Morgan fingerprint density at radius 3 is 2.79 bits per heavy atom. The van der Waals surface area contributed by atoms with Crippen LogP contribution in [0.4, 0.5) is 5.69 Å². The highest BCUT2D eigenvalue weighted by atomic mass is 35.5. The number of pyridine rings is 1. The van der Waals surface area contributed by atoms with Crippen LogP contribution >= 0.6 is 11.6 Å². The summed E-state index contributed by atoms with van der Waals surface area (Å²) in [6.45, 7) is 0.940. The monoisotopic (exact) mass is 343 g/mol. The van der Waals surface area contributed by atoms with Crippen molar-refractivity contribution < 1.29 is 9.59 Å². The zero-order valence-corrected chi connectivity index (χ0v) is 13.9. The van der Waals surface area contributed by atoms with E-state index in [4.69, 9.17) is 11.6 Å². The lowest BCUT2D eigenvalue weighted by Gasteiger charge is -2.16. The van der Waals surface area contributed by atoms with Crippen molar-refractivity contribution in [3.05, 3.63) is 59.4 Å². The first-order chi connectivity index (χ1) is 11.6. The number of carbonyl (C=O) groups excluding carboxylic acids is 2. The fourth-order valence-corrected chi connectivity index (χ4v) is 2.90. The fraction of sp³-hybridized carbons (Fsp3) is 0.278. The number of nitrogens with one attached hydrogen (secondary N) is 1. The number of anilines is 1. The van der Waals surface area contributed by atoms with E-state index in [1.54, 1.807) is 23.4 Å². The normalized spacial score (nSPS) is 17.1.